The van der Waals surface area contributed by atoms with Crippen LogP contribution in [0.3, 0.4) is 0 Å². The predicted molar refractivity (Wildman–Crippen MR) is 54.2 cm³/mol. The molecule has 0 saturated heterocycles. The lowest BCUT2D eigenvalue weighted by atomic mass is 10.1. The maximum absolute atomic E-state index is 9.07. The van der Waals surface area contributed by atoms with E-state index in [0.29, 0.717) is 5.82 Å². The van der Waals surface area contributed by atoms with Crippen LogP contribution in [-0.2, 0) is 5.41 Å². The summed E-state index contributed by atoms with van der Waals surface area (Å²) in [7, 11) is 0. The fourth-order valence-electron chi connectivity index (χ4n) is 1.75. The van der Waals surface area contributed by atoms with E-state index >= 15 is 0 Å². The maximum Gasteiger partial charge on any atom is 0.171 e. The van der Waals surface area contributed by atoms with Crippen LogP contribution in [0.2, 0.25) is 0 Å². The van der Waals surface area contributed by atoms with Gasteiger partial charge in [0.25, 0.3) is 0 Å². The van der Waals surface area contributed by atoms with Crippen molar-refractivity contribution in [3.63, 3.8) is 0 Å². The van der Waals surface area contributed by atoms with Crippen LogP contribution in [0.25, 0.3) is 5.65 Å². The summed E-state index contributed by atoms with van der Waals surface area (Å²) in [6.45, 7) is 2.00. The Morgan fingerprint density at radius 3 is 2.93 bits per heavy atom. The second-order valence-corrected chi connectivity index (χ2v) is 4.09. The Hall–Kier alpha value is -1.89. The van der Waals surface area contributed by atoms with E-state index in [1.54, 1.807) is 4.52 Å². The van der Waals surface area contributed by atoms with Crippen LogP contribution in [0.15, 0.2) is 18.3 Å². The lowest BCUT2D eigenvalue weighted by molar-refractivity contribution is 0.784. The summed E-state index contributed by atoms with van der Waals surface area (Å²) in [6, 6.07) is 6.25. The standard InChI is InChI=1S/C11H10N4/c1-8-3-2-6-15-9(8)13-10(14-15)11(7-12)4-5-11/h2-3,6H,4-5H2,1H3. The van der Waals surface area contributed by atoms with Crippen molar-refractivity contribution in [3.8, 4) is 6.07 Å². The average molecular weight is 198 g/mol. The summed E-state index contributed by atoms with van der Waals surface area (Å²) in [4.78, 5) is 4.45. The van der Waals surface area contributed by atoms with Crippen molar-refractivity contribution in [2.45, 2.75) is 25.2 Å². The molecule has 4 heteroatoms. The van der Waals surface area contributed by atoms with Crippen molar-refractivity contribution in [1.29, 1.82) is 5.26 Å². The molecule has 3 rings (SSSR count). The molecule has 0 radical (unpaired) electrons. The van der Waals surface area contributed by atoms with E-state index in [-0.39, 0.29) is 0 Å². The molecule has 15 heavy (non-hydrogen) atoms. The molecule has 2 heterocycles. The Kier molecular flexibility index (Phi) is 1.44. The van der Waals surface area contributed by atoms with Gasteiger partial charge in [0, 0.05) is 6.20 Å². The highest BCUT2D eigenvalue weighted by Crippen LogP contribution is 2.45. The number of nitriles is 1. The van der Waals surface area contributed by atoms with Gasteiger partial charge in [-0.05, 0) is 31.4 Å². The van der Waals surface area contributed by atoms with E-state index in [4.69, 9.17) is 5.26 Å². The van der Waals surface area contributed by atoms with Crippen molar-refractivity contribution in [1.82, 2.24) is 14.6 Å². The first kappa shape index (κ1) is 8.42. The molecule has 1 aliphatic rings. The molecule has 1 saturated carbocycles. The van der Waals surface area contributed by atoms with E-state index in [1.807, 2.05) is 25.3 Å². The van der Waals surface area contributed by atoms with Gasteiger partial charge in [-0.3, -0.25) is 0 Å². The molecule has 0 amide bonds. The molecule has 2 aromatic rings. The quantitative estimate of drug-likeness (QED) is 0.699. The zero-order valence-corrected chi connectivity index (χ0v) is 8.44. The summed E-state index contributed by atoms with van der Waals surface area (Å²) in [5.74, 6) is 0.680. The van der Waals surface area contributed by atoms with Gasteiger partial charge >= 0.3 is 0 Å². The molecule has 0 N–H and O–H groups in total. The number of nitrogens with zero attached hydrogens (tertiary/aromatic N) is 4. The van der Waals surface area contributed by atoms with Crippen LogP contribution >= 0.6 is 0 Å². The predicted octanol–water partition coefficient (Wildman–Crippen LogP) is 1.59. The Balaban J connectivity index is 2.24. The maximum atomic E-state index is 9.07. The van der Waals surface area contributed by atoms with Gasteiger partial charge in [0.15, 0.2) is 11.5 Å². The molecule has 0 aromatic carbocycles. The van der Waals surface area contributed by atoms with Crippen molar-refractivity contribution in [2.75, 3.05) is 0 Å². The largest absolute Gasteiger partial charge is 0.221 e. The first-order valence-electron chi connectivity index (χ1n) is 4.99. The number of pyridine rings is 1. The molecule has 0 spiro atoms. The first-order chi connectivity index (χ1) is 7.25. The summed E-state index contributed by atoms with van der Waals surface area (Å²) >= 11 is 0. The molecular formula is C11H10N4. The van der Waals surface area contributed by atoms with Crippen LogP contribution < -0.4 is 0 Å². The monoisotopic (exact) mass is 198 g/mol. The third-order valence-electron chi connectivity index (χ3n) is 2.95. The second-order valence-electron chi connectivity index (χ2n) is 4.09. The Bertz CT molecular complexity index is 572. The molecule has 0 atom stereocenters. The van der Waals surface area contributed by atoms with Crippen LogP contribution in [0, 0.1) is 18.3 Å². The summed E-state index contributed by atoms with van der Waals surface area (Å²) < 4.78 is 1.75. The Labute approximate surface area is 87.2 Å². The van der Waals surface area contributed by atoms with Crippen LogP contribution in [0.5, 0.6) is 0 Å². The number of rotatable bonds is 1. The van der Waals surface area contributed by atoms with E-state index in [0.717, 1.165) is 24.1 Å². The highest BCUT2D eigenvalue weighted by Gasteiger charge is 2.48. The second kappa shape index (κ2) is 2.57. The van der Waals surface area contributed by atoms with Crippen molar-refractivity contribution in [2.24, 2.45) is 0 Å². The minimum atomic E-state index is -0.390. The minimum absolute atomic E-state index is 0.390. The van der Waals surface area contributed by atoms with Gasteiger partial charge in [-0.1, -0.05) is 6.07 Å². The van der Waals surface area contributed by atoms with Gasteiger partial charge in [-0.25, -0.2) is 9.50 Å². The molecule has 1 fully saturated rings. The Morgan fingerprint density at radius 2 is 2.33 bits per heavy atom. The third kappa shape index (κ3) is 1.06. The van der Waals surface area contributed by atoms with Gasteiger partial charge < -0.3 is 0 Å². The number of aromatic nitrogens is 3. The molecule has 0 aliphatic heterocycles. The van der Waals surface area contributed by atoms with Gasteiger partial charge in [-0.2, -0.15) is 5.26 Å². The molecular weight excluding hydrogens is 188 g/mol. The van der Waals surface area contributed by atoms with Gasteiger partial charge in [0.1, 0.15) is 5.41 Å². The van der Waals surface area contributed by atoms with Crippen molar-refractivity contribution >= 4 is 5.65 Å². The average Bonchev–Trinajstić information content (AvgIpc) is 2.92. The molecule has 4 nitrogen and oxygen atoms in total. The SMILES string of the molecule is Cc1cccn2nc(C3(C#N)CC3)nc12. The van der Waals surface area contributed by atoms with Crippen LogP contribution in [-0.4, -0.2) is 14.6 Å². The molecule has 1 aliphatic carbocycles. The summed E-state index contributed by atoms with van der Waals surface area (Å²) in [5.41, 5.74) is 1.55. The van der Waals surface area contributed by atoms with Crippen LogP contribution in [0.1, 0.15) is 24.2 Å². The van der Waals surface area contributed by atoms with E-state index in [2.05, 4.69) is 16.2 Å². The molecule has 0 bridgehead atoms. The van der Waals surface area contributed by atoms with Crippen molar-refractivity contribution in [3.05, 3.63) is 29.7 Å². The van der Waals surface area contributed by atoms with Gasteiger partial charge in [-0.15, -0.1) is 5.10 Å². The summed E-state index contributed by atoms with van der Waals surface area (Å²) in [5, 5.41) is 13.4. The van der Waals surface area contributed by atoms with Crippen LogP contribution in [0.4, 0.5) is 0 Å². The van der Waals surface area contributed by atoms with E-state index in [9.17, 15) is 0 Å². The molecule has 0 unspecified atom stereocenters. The third-order valence-corrected chi connectivity index (χ3v) is 2.95. The topological polar surface area (TPSA) is 54.0 Å². The molecule has 74 valence electrons. The smallest absolute Gasteiger partial charge is 0.171 e. The highest BCUT2D eigenvalue weighted by atomic mass is 15.3. The fraction of sp³-hybridized carbons (Fsp3) is 0.364. The fourth-order valence-corrected chi connectivity index (χ4v) is 1.75. The number of hydrogen-bond acceptors (Lipinski definition) is 3. The lowest BCUT2D eigenvalue weighted by Gasteiger charge is -1.94. The molecule has 2 aromatic heterocycles. The number of fused-ring (bicyclic) bond motifs is 1. The normalized spacial score (nSPS) is 17.6. The summed E-state index contributed by atoms with van der Waals surface area (Å²) in [6.07, 6.45) is 3.64. The Morgan fingerprint density at radius 1 is 1.53 bits per heavy atom. The zero-order valence-electron chi connectivity index (χ0n) is 8.44. The minimum Gasteiger partial charge on any atom is -0.221 e. The zero-order chi connectivity index (χ0) is 10.5. The lowest BCUT2D eigenvalue weighted by Crippen LogP contribution is -2.05. The van der Waals surface area contributed by atoms with Crippen molar-refractivity contribution < 1.29 is 0 Å². The first-order valence-corrected chi connectivity index (χ1v) is 4.99. The van der Waals surface area contributed by atoms with Gasteiger partial charge in [0.05, 0.1) is 6.07 Å². The van der Waals surface area contributed by atoms with Gasteiger partial charge in [0.2, 0.25) is 0 Å². The number of hydrogen-bond donors (Lipinski definition) is 0. The van der Waals surface area contributed by atoms with E-state index in [1.165, 1.54) is 0 Å². The van der Waals surface area contributed by atoms with E-state index < -0.39 is 5.41 Å². The highest BCUT2D eigenvalue weighted by molar-refractivity contribution is 5.47. The number of aryl methyl sites for hydroxylation is 1.